The number of benzene rings is 2. The normalized spacial score (nSPS) is 13.7. The summed E-state index contributed by atoms with van der Waals surface area (Å²) in [6.07, 6.45) is 5.45. The van der Waals surface area contributed by atoms with Crippen LogP contribution in [0.4, 0.5) is 0 Å². The first-order valence-electron chi connectivity index (χ1n) is 11.3. The first-order chi connectivity index (χ1) is 17.1. The number of thiazole rings is 1. The zero-order valence-electron chi connectivity index (χ0n) is 18.8. The van der Waals surface area contributed by atoms with Gasteiger partial charge >= 0.3 is 0 Å². The van der Waals surface area contributed by atoms with Gasteiger partial charge in [0.1, 0.15) is 10.9 Å². The van der Waals surface area contributed by atoms with E-state index >= 15 is 0 Å². The predicted molar refractivity (Wildman–Crippen MR) is 132 cm³/mol. The molecule has 5 rings (SSSR count). The predicted octanol–water partition coefficient (Wildman–Crippen LogP) is 3.18. The molecule has 1 saturated carbocycles. The van der Waals surface area contributed by atoms with Crippen molar-refractivity contribution < 1.29 is 14.4 Å². The number of nitrogens with one attached hydrogen (secondary N) is 2. The average Bonchev–Trinajstić information content (AvgIpc) is 3.34. The van der Waals surface area contributed by atoms with Crippen molar-refractivity contribution in [3.8, 4) is 16.9 Å². The smallest absolute Gasteiger partial charge is 0.289 e. The molecule has 8 nitrogen and oxygen atoms in total. The van der Waals surface area contributed by atoms with Gasteiger partial charge in [0.05, 0.1) is 11.7 Å². The minimum atomic E-state index is -1.00. The molecule has 2 aromatic carbocycles. The van der Waals surface area contributed by atoms with Crippen LogP contribution in [0.5, 0.6) is 0 Å². The lowest BCUT2D eigenvalue weighted by atomic mass is 10.0. The third-order valence-electron chi connectivity index (χ3n) is 5.70. The highest BCUT2D eigenvalue weighted by molar-refractivity contribution is 7.12. The van der Waals surface area contributed by atoms with Crippen molar-refractivity contribution >= 4 is 28.9 Å². The van der Waals surface area contributed by atoms with Crippen molar-refractivity contribution in [1.82, 2.24) is 25.4 Å². The van der Waals surface area contributed by atoms with Crippen LogP contribution in [0.1, 0.15) is 28.1 Å². The molecule has 1 aliphatic rings. The number of hydrogen-bond donors (Lipinski definition) is 2. The second-order valence-electron chi connectivity index (χ2n) is 8.37. The molecule has 0 bridgehead atoms. The van der Waals surface area contributed by atoms with Gasteiger partial charge in [0.2, 0.25) is 5.78 Å². The van der Waals surface area contributed by atoms with Gasteiger partial charge in [-0.3, -0.25) is 14.4 Å². The zero-order chi connectivity index (χ0) is 24.2. The first kappa shape index (κ1) is 22.7. The highest BCUT2D eigenvalue weighted by Gasteiger charge is 2.32. The Bertz CT molecular complexity index is 1350. The maximum absolute atomic E-state index is 13.3. The van der Waals surface area contributed by atoms with Crippen LogP contribution in [0.2, 0.25) is 0 Å². The zero-order valence-corrected chi connectivity index (χ0v) is 19.6. The molecule has 4 aromatic rings. The van der Waals surface area contributed by atoms with Crippen LogP contribution in [0.15, 0.2) is 78.6 Å². The van der Waals surface area contributed by atoms with Crippen molar-refractivity contribution in [1.29, 1.82) is 0 Å². The number of carbonyl (C=O) groups excluding carboxylic acids is 3. The second kappa shape index (κ2) is 10.0. The number of rotatable bonds is 9. The van der Waals surface area contributed by atoms with Crippen LogP contribution in [-0.4, -0.2) is 44.4 Å². The molecule has 0 spiro atoms. The topological polar surface area (TPSA) is 106 Å². The quantitative estimate of drug-likeness (QED) is 0.354. The molecule has 2 heterocycles. The molecule has 0 unspecified atom stereocenters. The van der Waals surface area contributed by atoms with E-state index in [2.05, 4.69) is 20.7 Å². The number of aromatic nitrogens is 3. The van der Waals surface area contributed by atoms with Crippen LogP contribution in [0, 0.1) is 0 Å². The fourth-order valence-corrected chi connectivity index (χ4v) is 4.38. The number of Topliss-reactive ketones (excluding diaryl/α,β-unsaturated/α-hetero) is 1. The van der Waals surface area contributed by atoms with E-state index in [0.717, 1.165) is 40.9 Å². The Morgan fingerprint density at radius 1 is 1.00 bits per heavy atom. The van der Waals surface area contributed by atoms with Gasteiger partial charge in [-0.15, -0.1) is 11.3 Å². The fraction of sp³-hybridized carbons (Fsp3) is 0.192. The van der Waals surface area contributed by atoms with Crippen molar-refractivity contribution in [3.05, 3.63) is 89.0 Å². The van der Waals surface area contributed by atoms with Crippen molar-refractivity contribution in [2.24, 2.45) is 0 Å². The largest absolute Gasteiger partial charge is 0.347 e. The molecule has 1 fully saturated rings. The van der Waals surface area contributed by atoms with E-state index in [-0.39, 0.29) is 12.5 Å². The second-order valence-corrected chi connectivity index (χ2v) is 9.23. The summed E-state index contributed by atoms with van der Waals surface area (Å²) in [4.78, 5) is 43.4. The molecular weight excluding hydrogens is 462 g/mol. The van der Waals surface area contributed by atoms with E-state index in [9.17, 15) is 14.4 Å². The Morgan fingerprint density at radius 3 is 2.43 bits per heavy atom. The van der Waals surface area contributed by atoms with Gasteiger partial charge in [0.15, 0.2) is 5.82 Å². The number of carbonyl (C=O) groups is 3. The van der Waals surface area contributed by atoms with Gasteiger partial charge in [0, 0.05) is 24.2 Å². The maximum Gasteiger partial charge on any atom is 0.289 e. The van der Waals surface area contributed by atoms with Crippen LogP contribution >= 0.6 is 11.3 Å². The summed E-state index contributed by atoms with van der Waals surface area (Å²) in [7, 11) is 0. The molecule has 0 saturated heterocycles. The van der Waals surface area contributed by atoms with Gasteiger partial charge in [-0.2, -0.15) is 5.10 Å². The Morgan fingerprint density at radius 2 is 1.71 bits per heavy atom. The Labute approximate surface area is 206 Å². The highest BCUT2D eigenvalue weighted by atomic mass is 32.1. The van der Waals surface area contributed by atoms with Crippen LogP contribution in [0.3, 0.4) is 0 Å². The van der Waals surface area contributed by atoms with Gasteiger partial charge in [-0.05, 0) is 24.0 Å². The lowest BCUT2D eigenvalue weighted by molar-refractivity contribution is -0.139. The molecule has 2 amide bonds. The summed E-state index contributed by atoms with van der Waals surface area (Å²) in [5.74, 6) is -1.45. The molecule has 2 aromatic heterocycles. The molecular formula is C26H23N5O3S. The maximum atomic E-state index is 13.3. The van der Waals surface area contributed by atoms with E-state index < -0.39 is 23.6 Å². The Kier molecular flexibility index (Phi) is 6.49. The summed E-state index contributed by atoms with van der Waals surface area (Å²) >= 11 is 1.15. The monoisotopic (exact) mass is 485 g/mol. The molecule has 1 aliphatic carbocycles. The molecule has 9 heteroatoms. The molecule has 0 radical (unpaired) electrons. The van der Waals surface area contributed by atoms with Gasteiger partial charge in [-0.25, -0.2) is 9.67 Å². The van der Waals surface area contributed by atoms with Crippen LogP contribution in [0.25, 0.3) is 16.9 Å². The lowest BCUT2D eigenvalue weighted by Crippen LogP contribution is -2.49. The van der Waals surface area contributed by atoms with Gasteiger partial charge < -0.3 is 10.6 Å². The third kappa shape index (κ3) is 5.36. The highest BCUT2D eigenvalue weighted by Crippen LogP contribution is 2.23. The minimum Gasteiger partial charge on any atom is -0.347 e. The summed E-state index contributed by atoms with van der Waals surface area (Å²) in [5, 5.41) is 9.87. The summed E-state index contributed by atoms with van der Waals surface area (Å²) in [5.41, 5.74) is 4.28. The van der Waals surface area contributed by atoms with Crippen molar-refractivity contribution in [2.75, 3.05) is 0 Å². The van der Waals surface area contributed by atoms with E-state index in [4.69, 9.17) is 0 Å². The van der Waals surface area contributed by atoms with E-state index in [0.29, 0.717) is 10.7 Å². The lowest BCUT2D eigenvalue weighted by Gasteiger charge is -2.17. The van der Waals surface area contributed by atoms with E-state index in [1.54, 1.807) is 22.6 Å². The molecule has 35 heavy (non-hydrogen) atoms. The van der Waals surface area contributed by atoms with Crippen LogP contribution < -0.4 is 10.6 Å². The average molecular weight is 486 g/mol. The number of hydrogen-bond acceptors (Lipinski definition) is 6. The summed E-state index contributed by atoms with van der Waals surface area (Å²) in [6.45, 7) is 0. The van der Waals surface area contributed by atoms with Crippen LogP contribution in [-0.2, 0) is 16.0 Å². The van der Waals surface area contributed by atoms with Crippen molar-refractivity contribution in [3.63, 3.8) is 0 Å². The van der Waals surface area contributed by atoms with Gasteiger partial charge in [0.25, 0.3) is 11.8 Å². The van der Waals surface area contributed by atoms with Crippen molar-refractivity contribution in [2.45, 2.75) is 31.3 Å². The van der Waals surface area contributed by atoms with E-state index in [1.807, 2.05) is 60.7 Å². The third-order valence-corrected chi connectivity index (χ3v) is 6.52. The van der Waals surface area contributed by atoms with Gasteiger partial charge in [-0.1, -0.05) is 60.7 Å². The standard InChI is InChI=1S/C26H23N5O3S/c32-22(25(33)29-20-11-12-20)21(13-17-7-3-1-4-8-17)30-26(34)23-24(27-16-35-23)31-15-19(14-28-31)18-9-5-2-6-10-18/h1-10,14-16,20-21H,11-13H2,(H,29,33)(H,30,34)/t21-/m0/s1. The van der Waals surface area contributed by atoms with E-state index in [1.165, 1.54) is 0 Å². The molecule has 176 valence electrons. The summed E-state index contributed by atoms with van der Waals surface area (Å²) < 4.78 is 1.54. The first-order valence-corrected chi connectivity index (χ1v) is 12.2. The molecule has 1 atom stereocenters. The number of amides is 2. The number of ketones is 1. The Hall–Kier alpha value is -4.11. The fourth-order valence-electron chi connectivity index (χ4n) is 3.70. The molecule has 2 N–H and O–H groups in total. The minimum absolute atomic E-state index is 0.0475. The Balaban J connectivity index is 1.37. The SMILES string of the molecule is O=C(NC1CC1)C(=O)[C@H](Cc1ccccc1)NC(=O)c1scnc1-n1cc(-c2ccccc2)cn1. The number of nitrogens with zero attached hydrogens (tertiary/aromatic N) is 3. The summed E-state index contributed by atoms with van der Waals surface area (Å²) in [6, 6.07) is 18.1. The molecule has 0 aliphatic heterocycles.